The fourth-order valence-electron chi connectivity index (χ4n) is 3.96. The van der Waals surface area contributed by atoms with Crippen LogP contribution in [0.3, 0.4) is 0 Å². The molecule has 5 nitrogen and oxygen atoms in total. The summed E-state index contributed by atoms with van der Waals surface area (Å²) >= 11 is 6.54. The van der Waals surface area contributed by atoms with E-state index in [9.17, 15) is 9.18 Å². The molecular formula is C24H22ClFN2O3. The van der Waals surface area contributed by atoms with E-state index in [2.05, 4.69) is 5.32 Å². The Bertz CT molecular complexity index is 1120. The maximum absolute atomic E-state index is 13.6. The Hall–Kier alpha value is -3.25. The van der Waals surface area contributed by atoms with Crippen molar-refractivity contribution in [2.24, 2.45) is 0 Å². The molecule has 31 heavy (non-hydrogen) atoms. The maximum Gasteiger partial charge on any atom is 0.322 e. The van der Waals surface area contributed by atoms with Crippen LogP contribution in [0.15, 0.2) is 60.7 Å². The number of carbonyl (C=O) groups is 1. The third-order valence-electron chi connectivity index (χ3n) is 5.41. The third-order valence-corrected chi connectivity index (χ3v) is 5.75. The molecule has 1 heterocycles. The predicted octanol–water partition coefficient (Wildman–Crippen LogP) is 5.68. The number of rotatable bonds is 4. The maximum atomic E-state index is 13.6. The Labute approximate surface area is 185 Å². The van der Waals surface area contributed by atoms with Gasteiger partial charge in [-0.25, -0.2) is 9.18 Å². The summed E-state index contributed by atoms with van der Waals surface area (Å²) in [5.41, 5.74) is 3.15. The number of hydrogen-bond acceptors (Lipinski definition) is 3. The molecule has 3 aromatic carbocycles. The van der Waals surface area contributed by atoms with Crippen LogP contribution in [0.1, 0.15) is 22.7 Å². The van der Waals surface area contributed by atoms with Gasteiger partial charge in [0.25, 0.3) is 0 Å². The molecule has 4 rings (SSSR count). The van der Waals surface area contributed by atoms with Crippen LogP contribution in [-0.2, 0) is 6.42 Å². The highest BCUT2D eigenvalue weighted by molar-refractivity contribution is 6.31. The third kappa shape index (κ3) is 4.16. The Morgan fingerprint density at radius 1 is 1.03 bits per heavy atom. The summed E-state index contributed by atoms with van der Waals surface area (Å²) in [6.07, 6.45) is 0.632. The second kappa shape index (κ2) is 8.86. The van der Waals surface area contributed by atoms with Gasteiger partial charge in [-0.3, -0.25) is 0 Å². The number of fused-ring (bicyclic) bond motifs is 1. The quantitative estimate of drug-likeness (QED) is 0.568. The van der Waals surface area contributed by atoms with E-state index >= 15 is 0 Å². The van der Waals surface area contributed by atoms with Crippen molar-refractivity contribution in [1.29, 1.82) is 0 Å². The number of hydrogen-bond donors (Lipinski definition) is 1. The molecule has 0 aromatic heterocycles. The van der Waals surface area contributed by atoms with Gasteiger partial charge < -0.3 is 19.7 Å². The molecule has 0 saturated heterocycles. The van der Waals surface area contributed by atoms with Crippen molar-refractivity contribution in [3.63, 3.8) is 0 Å². The Morgan fingerprint density at radius 3 is 2.48 bits per heavy atom. The number of urea groups is 1. The van der Waals surface area contributed by atoms with Crippen molar-refractivity contribution in [3.05, 3.63) is 88.2 Å². The predicted molar refractivity (Wildman–Crippen MR) is 119 cm³/mol. The summed E-state index contributed by atoms with van der Waals surface area (Å²) in [5.74, 6) is 0.795. The molecule has 0 spiro atoms. The number of anilines is 1. The first-order valence-corrected chi connectivity index (χ1v) is 10.2. The molecular weight excluding hydrogens is 419 g/mol. The van der Waals surface area contributed by atoms with Crippen molar-refractivity contribution in [2.75, 3.05) is 26.1 Å². The van der Waals surface area contributed by atoms with E-state index in [1.807, 2.05) is 30.3 Å². The van der Waals surface area contributed by atoms with E-state index in [0.717, 1.165) is 16.7 Å². The van der Waals surface area contributed by atoms with Gasteiger partial charge in [-0.1, -0.05) is 35.9 Å². The zero-order chi connectivity index (χ0) is 22.0. The number of ether oxygens (including phenoxy) is 2. The number of amides is 2. The molecule has 0 aliphatic carbocycles. The monoisotopic (exact) mass is 440 g/mol. The number of nitrogens with zero attached hydrogens (tertiary/aromatic N) is 1. The van der Waals surface area contributed by atoms with Gasteiger partial charge in [-0.05, 0) is 59.5 Å². The molecule has 0 fully saturated rings. The summed E-state index contributed by atoms with van der Waals surface area (Å²) in [6.45, 7) is 0.458. The largest absolute Gasteiger partial charge is 0.493 e. The number of halogens is 2. The van der Waals surface area contributed by atoms with Gasteiger partial charge in [0.2, 0.25) is 0 Å². The fourth-order valence-corrected chi connectivity index (χ4v) is 4.20. The number of nitrogens with one attached hydrogen (secondary N) is 1. The van der Waals surface area contributed by atoms with E-state index in [-0.39, 0.29) is 6.03 Å². The lowest BCUT2D eigenvalue weighted by atomic mass is 9.87. The molecule has 0 saturated carbocycles. The smallest absolute Gasteiger partial charge is 0.322 e. The number of methoxy groups -OCH3 is 2. The summed E-state index contributed by atoms with van der Waals surface area (Å²) < 4.78 is 24.6. The number of carbonyl (C=O) groups excluding carboxylic acids is 1. The Balaban J connectivity index is 1.79. The van der Waals surface area contributed by atoms with Crippen molar-refractivity contribution < 1.29 is 18.7 Å². The van der Waals surface area contributed by atoms with Crippen molar-refractivity contribution in [3.8, 4) is 11.5 Å². The first-order chi connectivity index (χ1) is 15.0. The van der Waals surface area contributed by atoms with Gasteiger partial charge in [0.05, 0.1) is 20.3 Å². The molecule has 3 aromatic rings. The van der Waals surface area contributed by atoms with Gasteiger partial charge in [-0.2, -0.15) is 0 Å². The van der Waals surface area contributed by atoms with Crippen molar-refractivity contribution in [1.82, 2.24) is 4.90 Å². The van der Waals surface area contributed by atoms with Crippen molar-refractivity contribution >= 4 is 23.3 Å². The van der Waals surface area contributed by atoms with Crippen LogP contribution >= 0.6 is 11.6 Å². The normalized spacial score (nSPS) is 15.2. The topological polar surface area (TPSA) is 50.8 Å². The van der Waals surface area contributed by atoms with Crippen LogP contribution in [0.4, 0.5) is 14.9 Å². The average molecular weight is 441 g/mol. The van der Waals surface area contributed by atoms with Gasteiger partial charge in [0, 0.05) is 17.3 Å². The highest BCUT2D eigenvalue weighted by atomic mass is 35.5. The second-order valence-electron chi connectivity index (χ2n) is 7.21. The summed E-state index contributed by atoms with van der Waals surface area (Å²) in [4.78, 5) is 15.0. The van der Waals surface area contributed by atoms with Gasteiger partial charge in [0.15, 0.2) is 11.5 Å². The SMILES string of the molecule is COc1cc2c(cc1OC)[C@H](c1ccccc1Cl)N(C(=O)Nc1cccc(F)c1)CC2. The van der Waals surface area contributed by atoms with E-state index < -0.39 is 11.9 Å². The van der Waals surface area contributed by atoms with Gasteiger partial charge >= 0.3 is 6.03 Å². The summed E-state index contributed by atoms with van der Waals surface area (Å²) in [7, 11) is 3.17. The Kier molecular flexibility index (Phi) is 6.00. The minimum absolute atomic E-state index is 0.337. The molecule has 1 N–H and O–H groups in total. The standard InChI is InChI=1S/C24H22ClFN2O3/c1-30-21-12-15-10-11-28(24(29)27-17-7-5-6-16(26)13-17)23(19(15)14-22(21)31-2)18-8-3-4-9-20(18)25/h3-9,12-14,23H,10-11H2,1-2H3,(H,27,29)/t23-/m0/s1. The molecule has 0 bridgehead atoms. The fraction of sp³-hybridized carbons (Fsp3) is 0.208. The number of benzene rings is 3. The minimum atomic E-state index is -0.439. The van der Waals surface area contributed by atoms with Crippen LogP contribution < -0.4 is 14.8 Å². The van der Waals surface area contributed by atoms with E-state index in [1.54, 1.807) is 37.3 Å². The lowest BCUT2D eigenvalue weighted by molar-refractivity contribution is 0.193. The molecule has 0 unspecified atom stereocenters. The lowest BCUT2D eigenvalue weighted by Gasteiger charge is -2.38. The lowest BCUT2D eigenvalue weighted by Crippen LogP contribution is -2.43. The summed E-state index contributed by atoms with van der Waals surface area (Å²) in [6, 6.07) is 16.3. The van der Waals surface area contributed by atoms with Crippen molar-refractivity contribution in [2.45, 2.75) is 12.5 Å². The van der Waals surface area contributed by atoms with Crippen LogP contribution in [-0.4, -0.2) is 31.7 Å². The van der Waals surface area contributed by atoms with Crippen LogP contribution in [0.2, 0.25) is 5.02 Å². The first kappa shape index (κ1) is 21.0. The van der Waals surface area contributed by atoms with E-state index in [4.69, 9.17) is 21.1 Å². The van der Waals surface area contributed by atoms with Gasteiger partial charge in [0.1, 0.15) is 5.82 Å². The molecule has 0 radical (unpaired) electrons. The minimum Gasteiger partial charge on any atom is -0.493 e. The molecule has 1 aliphatic rings. The second-order valence-corrected chi connectivity index (χ2v) is 7.62. The first-order valence-electron chi connectivity index (χ1n) is 9.84. The molecule has 160 valence electrons. The Morgan fingerprint density at radius 2 is 1.77 bits per heavy atom. The van der Waals surface area contributed by atoms with Gasteiger partial charge in [-0.15, -0.1) is 0 Å². The highest BCUT2D eigenvalue weighted by Gasteiger charge is 2.34. The van der Waals surface area contributed by atoms with Crippen LogP contribution in [0.25, 0.3) is 0 Å². The van der Waals surface area contributed by atoms with Crippen LogP contribution in [0, 0.1) is 5.82 Å². The van der Waals surface area contributed by atoms with E-state index in [0.29, 0.717) is 35.2 Å². The highest BCUT2D eigenvalue weighted by Crippen LogP contribution is 2.42. The van der Waals surface area contributed by atoms with Crippen LogP contribution in [0.5, 0.6) is 11.5 Å². The molecule has 7 heteroatoms. The zero-order valence-electron chi connectivity index (χ0n) is 17.2. The molecule has 1 aliphatic heterocycles. The molecule has 2 amide bonds. The molecule has 1 atom stereocenters. The average Bonchev–Trinajstić information content (AvgIpc) is 2.77. The zero-order valence-corrected chi connectivity index (χ0v) is 17.9. The summed E-state index contributed by atoms with van der Waals surface area (Å²) in [5, 5.41) is 3.36. The van der Waals surface area contributed by atoms with E-state index in [1.165, 1.54) is 12.1 Å².